The van der Waals surface area contributed by atoms with Gasteiger partial charge in [0.15, 0.2) is 4.96 Å². The summed E-state index contributed by atoms with van der Waals surface area (Å²) in [5.41, 5.74) is 6.01. The molecule has 6 heteroatoms. The van der Waals surface area contributed by atoms with Crippen molar-refractivity contribution in [3.05, 3.63) is 117 Å². The molecule has 0 saturated heterocycles. The number of hydrogen-bond acceptors (Lipinski definition) is 5. The van der Waals surface area contributed by atoms with E-state index in [1.54, 1.807) is 17.6 Å². The number of nitrogens with zero attached hydrogens (tertiary/aromatic N) is 3. The summed E-state index contributed by atoms with van der Waals surface area (Å²) in [6.07, 6.45) is 0. The van der Waals surface area contributed by atoms with Crippen molar-refractivity contribution in [3.8, 4) is 17.0 Å². The lowest BCUT2D eigenvalue weighted by molar-refractivity contribution is 0.414. The van der Waals surface area contributed by atoms with Crippen LogP contribution < -0.4 is 15.2 Å². The molecule has 2 aromatic heterocycles. The number of methoxy groups -OCH3 is 1. The van der Waals surface area contributed by atoms with Crippen molar-refractivity contribution in [2.24, 2.45) is 0 Å². The Hall–Kier alpha value is -3.90. The Morgan fingerprint density at radius 3 is 2.38 bits per heavy atom. The molecule has 0 atom stereocenters. The van der Waals surface area contributed by atoms with Crippen molar-refractivity contribution in [2.75, 3.05) is 12.0 Å². The molecule has 5 rings (SSSR count). The standard InChI is InChI=1S/C28H25N3O2S/c1-20-8-12-24(13-9-20)30(17-21-10-14-25(33-2)15-11-21)18-23-16-27(32)31-26(19-34-28(31)29-23)22-6-4-3-5-7-22/h3-16,19H,17-18H2,1-2H3. The van der Waals surface area contributed by atoms with Crippen LogP contribution >= 0.6 is 11.3 Å². The first-order valence-corrected chi connectivity index (χ1v) is 12.0. The van der Waals surface area contributed by atoms with E-state index in [0.717, 1.165) is 34.0 Å². The lowest BCUT2D eigenvalue weighted by Crippen LogP contribution is -2.24. The molecule has 34 heavy (non-hydrogen) atoms. The summed E-state index contributed by atoms with van der Waals surface area (Å²) in [6.45, 7) is 3.29. The Morgan fingerprint density at radius 2 is 1.68 bits per heavy atom. The summed E-state index contributed by atoms with van der Waals surface area (Å²) in [4.78, 5) is 20.9. The number of aromatic nitrogens is 2. The molecule has 0 unspecified atom stereocenters. The van der Waals surface area contributed by atoms with E-state index >= 15 is 0 Å². The van der Waals surface area contributed by atoms with Gasteiger partial charge in [0, 0.05) is 23.7 Å². The highest BCUT2D eigenvalue weighted by molar-refractivity contribution is 7.15. The minimum absolute atomic E-state index is 0.0617. The number of benzene rings is 3. The molecule has 0 radical (unpaired) electrons. The van der Waals surface area contributed by atoms with Gasteiger partial charge < -0.3 is 9.64 Å². The third-order valence-electron chi connectivity index (χ3n) is 5.81. The second-order valence-corrected chi connectivity index (χ2v) is 9.07. The van der Waals surface area contributed by atoms with Crippen LogP contribution in [-0.2, 0) is 13.1 Å². The maximum Gasteiger partial charge on any atom is 0.259 e. The number of thiazole rings is 1. The average Bonchev–Trinajstić information content (AvgIpc) is 3.30. The zero-order chi connectivity index (χ0) is 23.5. The van der Waals surface area contributed by atoms with Gasteiger partial charge in [-0.15, -0.1) is 11.3 Å². The zero-order valence-electron chi connectivity index (χ0n) is 19.1. The maximum atomic E-state index is 13.1. The smallest absolute Gasteiger partial charge is 0.259 e. The van der Waals surface area contributed by atoms with Crippen molar-refractivity contribution in [3.63, 3.8) is 0 Å². The Bertz CT molecular complexity index is 1460. The van der Waals surface area contributed by atoms with Crippen LogP contribution in [0.3, 0.4) is 0 Å². The number of hydrogen-bond donors (Lipinski definition) is 0. The first kappa shape index (κ1) is 21.9. The number of rotatable bonds is 7. The molecule has 0 amide bonds. The highest BCUT2D eigenvalue weighted by Gasteiger charge is 2.14. The molecule has 5 nitrogen and oxygen atoms in total. The molecular formula is C28H25N3O2S. The third-order valence-corrected chi connectivity index (χ3v) is 6.64. The second-order valence-electron chi connectivity index (χ2n) is 8.23. The van der Waals surface area contributed by atoms with Crippen LogP contribution in [0.5, 0.6) is 5.75 Å². The molecular weight excluding hydrogens is 442 g/mol. The fraction of sp³-hybridized carbons (Fsp3) is 0.143. The van der Waals surface area contributed by atoms with Crippen molar-refractivity contribution >= 4 is 22.0 Å². The lowest BCUT2D eigenvalue weighted by atomic mass is 10.1. The van der Waals surface area contributed by atoms with Crippen LogP contribution in [0.2, 0.25) is 0 Å². The van der Waals surface area contributed by atoms with Gasteiger partial charge in [-0.25, -0.2) is 4.98 Å². The minimum atomic E-state index is -0.0617. The molecule has 0 aliphatic rings. The lowest BCUT2D eigenvalue weighted by Gasteiger charge is -2.25. The maximum absolute atomic E-state index is 13.1. The van der Waals surface area contributed by atoms with Crippen molar-refractivity contribution in [1.82, 2.24) is 9.38 Å². The summed E-state index contributed by atoms with van der Waals surface area (Å²) >= 11 is 1.49. The van der Waals surface area contributed by atoms with E-state index < -0.39 is 0 Å². The number of fused-ring (bicyclic) bond motifs is 1. The van der Waals surface area contributed by atoms with Crippen molar-refractivity contribution in [1.29, 1.82) is 0 Å². The van der Waals surface area contributed by atoms with Gasteiger partial charge in [0.2, 0.25) is 0 Å². The van der Waals surface area contributed by atoms with Crippen molar-refractivity contribution in [2.45, 2.75) is 20.0 Å². The number of anilines is 1. The molecule has 0 spiro atoms. The Balaban J connectivity index is 1.49. The fourth-order valence-corrected chi connectivity index (χ4v) is 4.92. The largest absolute Gasteiger partial charge is 0.497 e. The average molecular weight is 468 g/mol. The molecule has 0 aliphatic carbocycles. The van der Waals surface area contributed by atoms with Gasteiger partial charge in [-0.2, -0.15) is 0 Å². The quantitative estimate of drug-likeness (QED) is 0.297. The van der Waals surface area contributed by atoms with E-state index in [1.807, 2.05) is 47.8 Å². The van der Waals surface area contributed by atoms with Crippen LogP contribution in [-0.4, -0.2) is 16.5 Å². The monoisotopic (exact) mass is 467 g/mol. The van der Waals surface area contributed by atoms with Crippen LogP contribution in [0.1, 0.15) is 16.8 Å². The summed E-state index contributed by atoms with van der Waals surface area (Å²) in [6, 6.07) is 28.1. The van der Waals surface area contributed by atoms with E-state index in [9.17, 15) is 4.79 Å². The SMILES string of the molecule is COc1ccc(CN(Cc2cc(=O)n3c(-c4ccccc4)csc3n2)c2ccc(C)cc2)cc1. The molecule has 5 aromatic rings. The Morgan fingerprint density at radius 1 is 0.941 bits per heavy atom. The Labute approximate surface area is 202 Å². The van der Waals surface area contributed by atoms with Gasteiger partial charge in [0.1, 0.15) is 5.75 Å². The van der Waals surface area contributed by atoms with Crippen LogP contribution in [0.4, 0.5) is 5.69 Å². The molecule has 0 N–H and O–H groups in total. The predicted octanol–water partition coefficient (Wildman–Crippen LogP) is 5.95. The third kappa shape index (κ3) is 4.58. The summed E-state index contributed by atoms with van der Waals surface area (Å²) in [7, 11) is 1.67. The molecule has 2 heterocycles. The molecule has 0 aliphatic heterocycles. The fourth-order valence-electron chi connectivity index (χ4n) is 4.00. The van der Waals surface area contributed by atoms with E-state index in [4.69, 9.17) is 9.72 Å². The first-order valence-electron chi connectivity index (χ1n) is 11.1. The summed E-state index contributed by atoms with van der Waals surface area (Å²) in [5, 5.41) is 2.00. The van der Waals surface area contributed by atoms with Gasteiger partial charge in [-0.05, 0) is 42.3 Å². The summed E-state index contributed by atoms with van der Waals surface area (Å²) in [5.74, 6) is 0.831. The minimum Gasteiger partial charge on any atom is -0.497 e. The van der Waals surface area contributed by atoms with Gasteiger partial charge in [0.25, 0.3) is 5.56 Å². The van der Waals surface area contributed by atoms with Crippen LogP contribution in [0.25, 0.3) is 16.2 Å². The van der Waals surface area contributed by atoms with Crippen LogP contribution in [0, 0.1) is 6.92 Å². The Kier molecular flexibility index (Phi) is 6.14. The normalized spacial score (nSPS) is 11.0. The van der Waals surface area contributed by atoms with Gasteiger partial charge in [0.05, 0.1) is 25.0 Å². The molecule has 0 saturated carbocycles. The van der Waals surface area contributed by atoms with Gasteiger partial charge in [-0.3, -0.25) is 9.20 Å². The second kappa shape index (κ2) is 9.53. The molecule has 3 aromatic carbocycles. The molecule has 170 valence electrons. The van der Waals surface area contributed by atoms with E-state index in [0.29, 0.717) is 18.1 Å². The van der Waals surface area contributed by atoms with Crippen LogP contribution in [0.15, 0.2) is 95.1 Å². The van der Waals surface area contributed by atoms with Gasteiger partial charge >= 0.3 is 0 Å². The van der Waals surface area contributed by atoms with E-state index in [2.05, 4.69) is 48.2 Å². The molecule has 0 fully saturated rings. The highest BCUT2D eigenvalue weighted by Crippen LogP contribution is 2.25. The van der Waals surface area contributed by atoms with Gasteiger partial charge in [-0.1, -0.05) is 60.2 Å². The summed E-state index contributed by atoms with van der Waals surface area (Å²) < 4.78 is 6.99. The topological polar surface area (TPSA) is 46.8 Å². The van der Waals surface area contributed by atoms with E-state index in [1.165, 1.54) is 16.9 Å². The zero-order valence-corrected chi connectivity index (χ0v) is 20.0. The van der Waals surface area contributed by atoms with E-state index in [-0.39, 0.29) is 5.56 Å². The number of aryl methyl sites for hydroxylation is 1. The highest BCUT2D eigenvalue weighted by atomic mass is 32.1. The predicted molar refractivity (Wildman–Crippen MR) is 139 cm³/mol. The molecule has 0 bridgehead atoms. The first-order chi connectivity index (χ1) is 16.6. The van der Waals surface area contributed by atoms with Crippen molar-refractivity contribution < 1.29 is 4.74 Å². The number of ether oxygens (including phenoxy) is 1.